The zero-order valence-electron chi connectivity index (χ0n) is 12.1. The molecule has 0 amide bonds. The van der Waals surface area contributed by atoms with Gasteiger partial charge in [0.1, 0.15) is 11.5 Å². The number of nitrogen functional groups attached to an aromatic ring is 1. The highest BCUT2D eigenvalue weighted by molar-refractivity contribution is 6.30. The highest BCUT2D eigenvalue weighted by Crippen LogP contribution is 2.31. The van der Waals surface area contributed by atoms with E-state index >= 15 is 0 Å². The quantitative estimate of drug-likeness (QED) is 0.684. The van der Waals surface area contributed by atoms with Gasteiger partial charge in [-0.05, 0) is 49.2 Å². The molecule has 0 aliphatic heterocycles. The van der Waals surface area contributed by atoms with Crippen LogP contribution in [0.15, 0.2) is 30.3 Å². The number of hydrogen-bond acceptors (Lipinski definition) is 4. The Balaban J connectivity index is 2.43. The number of esters is 1. The van der Waals surface area contributed by atoms with Gasteiger partial charge in [-0.25, -0.2) is 4.79 Å². The molecule has 0 aromatic heterocycles. The van der Waals surface area contributed by atoms with E-state index in [1.807, 2.05) is 13.0 Å². The van der Waals surface area contributed by atoms with Gasteiger partial charge in [0.15, 0.2) is 0 Å². The Morgan fingerprint density at radius 1 is 1.14 bits per heavy atom. The molecule has 0 radical (unpaired) electrons. The third-order valence-corrected chi connectivity index (χ3v) is 3.38. The standard InChI is InChI=1S/C16H16ClNO3/c1-9-4-5-11(17)7-14(9)21-12-6-10(2)15(18)13(8-12)16(19)20-3/h4-8H,18H2,1-3H3. The van der Waals surface area contributed by atoms with E-state index in [0.717, 1.165) is 11.1 Å². The average Bonchev–Trinajstić information content (AvgIpc) is 2.45. The predicted molar refractivity (Wildman–Crippen MR) is 83.2 cm³/mol. The summed E-state index contributed by atoms with van der Waals surface area (Å²) < 4.78 is 10.5. The molecule has 2 aromatic carbocycles. The van der Waals surface area contributed by atoms with E-state index in [1.165, 1.54) is 7.11 Å². The second-order valence-electron chi connectivity index (χ2n) is 4.70. The highest BCUT2D eigenvalue weighted by Gasteiger charge is 2.15. The van der Waals surface area contributed by atoms with E-state index in [9.17, 15) is 4.79 Å². The summed E-state index contributed by atoms with van der Waals surface area (Å²) in [4.78, 5) is 11.7. The van der Waals surface area contributed by atoms with Crippen molar-refractivity contribution in [2.24, 2.45) is 0 Å². The molecule has 0 heterocycles. The van der Waals surface area contributed by atoms with Crippen LogP contribution < -0.4 is 10.5 Å². The number of carbonyl (C=O) groups is 1. The Kier molecular flexibility index (Phi) is 4.38. The Labute approximate surface area is 128 Å². The minimum atomic E-state index is -0.496. The second kappa shape index (κ2) is 6.06. The van der Waals surface area contributed by atoms with Crippen LogP contribution in [0.5, 0.6) is 11.5 Å². The lowest BCUT2D eigenvalue weighted by Gasteiger charge is -2.13. The van der Waals surface area contributed by atoms with Gasteiger partial charge in [-0.15, -0.1) is 0 Å². The summed E-state index contributed by atoms with van der Waals surface area (Å²) >= 11 is 5.97. The number of ether oxygens (including phenoxy) is 2. The van der Waals surface area contributed by atoms with E-state index in [2.05, 4.69) is 0 Å². The van der Waals surface area contributed by atoms with E-state index in [4.69, 9.17) is 26.8 Å². The van der Waals surface area contributed by atoms with Gasteiger partial charge in [0.2, 0.25) is 0 Å². The topological polar surface area (TPSA) is 61.5 Å². The number of benzene rings is 2. The molecule has 2 aromatic rings. The van der Waals surface area contributed by atoms with Gasteiger partial charge >= 0.3 is 5.97 Å². The van der Waals surface area contributed by atoms with Gasteiger partial charge in [-0.3, -0.25) is 0 Å². The van der Waals surface area contributed by atoms with Crippen LogP contribution in [0.25, 0.3) is 0 Å². The number of halogens is 1. The maximum atomic E-state index is 11.7. The van der Waals surface area contributed by atoms with Gasteiger partial charge in [0, 0.05) is 10.7 Å². The molecule has 0 saturated heterocycles. The van der Waals surface area contributed by atoms with Crippen LogP contribution in [-0.4, -0.2) is 13.1 Å². The van der Waals surface area contributed by atoms with Crippen molar-refractivity contribution in [3.63, 3.8) is 0 Å². The first-order valence-electron chi connectivity index (χ1n) is 6.35. The van der Waals surface area contributed by atoms with Crippen molar-refractivity contribution in [3.8, 4) is 11.5 Å². The molecule has 0 unspecified atom stereocenters. The molecule has 0 saturated carbocycles. The first-order valence-corrected chi connectivity index (χ1v) is 6.72. The largest absolute Gasteiger partial charge is 0.465 e. The van der Waals surface area contributed by atoms with E-state index in [1.54, 1.807) is 31.2 Å². The summed E-state index contributed by atoms with van der Waals surface area (Å²) in [6.07, 6.45) is 0. The summed E-state index contributed by atoms with van der Waals surface area (Å²) in [5.41, 5.74) is 8.25. The summed E-state index contributed by atoms with van der Waals surface area (Å²) in [7, 11) is 1.31. The molecule has 2 N–H and O–H groups in total. The van der Waals surface area contributed by atoms with Crippen molar-refractivity contribution in [2.45, 2.75) is 13.8 Å². The molecule has 0 atom stereocenters. The first kappa shape index (κ1) is 15.2. The van der Waals surface area contributed by atoms with Gasteiger partial charge in [0.05, 0.1) is 12.7 Å². The van der Waals surface area contributed by atoms with Crippen LogP contribution in [0.1, 0.15) is 21.5 Å². The average molecular weight is 306 g/mol. The number of carbonyl (C=O) groups excluding carboxylic acids is 1. The smallest absolute Gasteiger partial charge is 0.340 e. The minimum Gasteiger partial charge on any atom is -0.465 e. The molecule has 4 nitrogen and oxygen atoms in total. The lowest BCUT2D eigenvalue weighted by atomic mass is 10.1. The van der Waals surface area contributed by atoms with Gasteiger partial charge in [0.25, 0.3) is 0 Å². The molecule has 5 heteroatoms. The van der Waals surface area contributed by atoms with Gasteiger partial charge < -0.3 is 15.2 Å². The molecule has 110 valence electrons. The van der Waals surface area contributed by atoms with Crippen LogP contribution >= 0.6 is 11.6 Å². The Morgan fingerprint density at radius 2 is 1.86 bits per heavy atom. The van der Waals surface area contributed by atoms with Crippen LogP contribution in [0.3, 0.4) is 0 Å². The number of nitrogens with two attached hydrogens (primary N) is 1. The summed E-state index contributed by atoms with van der Waals surface area (Å²) in [5, 5.41) is 0.580. The fraction of sp³-hybridized carbons (Fsp3) is 0.188. The summed E-state index contributed by atoms with van der Waals surface area (Å²) in [6.45, 7) is 3.72. The SMILES string of the molecule is COC(=O)c1cc(Oc2cc(Cl)ccc2C)cc(C)c1N. The Hall–Kier alpha value is -2.20. The Morgan fingerprint density at radius 3 is 2.52 bits per heavy atom. The maximum absolute atomic E-state index is 11.7. The van der Waals surface area contributed by atoms with Crippen LogP contribution in [0.4, 0.5) is 5.69 Å². The van der Waals surface area contributed by atoms with E-state index < -0.39 is 5.97 Å². The van der Waals surface area contributed by atoms with Crippen molar-refractivity contribution in [1.82, 2.24) is 0 Å². The molecular formula is C16H16ClNO3. The lowest BCUT2D eigenvalue weighted by Crippen LogP contribution is -2.07. The fourth-order valence-corrected chi connectivity index (χ4v) is 2.08. The predicted octanol–water partition coefficient (Wildman–Crippen LogP) is 4.12. The van der Waals surface area contributed by atoms with Crippen molar-refractivity contribution < 1.29 is 14.3 Å². The van der Waals surface area contributed by atoms with Crippen LogP contribution in [0, 0.1) is 13.8 Å². The fourth-order valence-electron chi connectivity index (χ4n) is 1.91. The van der Waals surface area contributed by atoms with Gasteiger partial charge in [-0.2, -0.15) is 0 Å². The molecule has 0 aliphatic carbocycles. The third-order valence-electron chi connectivity index (χ3n) is 3.14. The number of anilines is 1. The molecule has 0 bridgehead atoms. The van der Waals surface area contributed by atoms with Crippen LogP contribution in [-0.2, 0) is 4.74 Å². The molecule has 2 rings (SSSR count). The molecule has 0 spiro atoms. The van der Waals surface area contributed by atoms with E-state index in [0.29, 0.717) is 22.2 Å². The van der Waals surface area contributed by atoms with Crippen molar-refractivity contribution in [1.29, 1.82) is 0 Å². The first-order chi connectivity index (χ1) is 9.92. The number of methoxy groups -OCH3 is 1. The minimum absolute atomic E-state index is 0.284. The number of rotatable bonds is 3. The highest BCUT2D eigenvalue weighted by atomic mass is 35.5. The second-order valence-corrected chi connectivity index (χ2v) is 5.14. The van der Waals surface area contributed by atoms with E-state index in [-0.39, 0.29) is 5.56 Å². The molecule has 0 fully saturated rings. The zero-order valence-corrected chi connectivity index (χ0v) is 12.8. The lowest BCUT2D eigenvalue weighted by molar-refractivity contribution is 0.0601. The summed E-state index contributed by atoms with van der Waals surface area (Å²) in [5.74, 6) is 0.638. The molecular weight excluding hydrogens is 290 g/mol. The van der Waals surface area contributed by atoms with Gasteiger partial charge in [-0.1, -0.05) is 17.7 Å². The molecule has 21 heavy (non-hydrogen) atoms. The summed E-state index contributed by atoms with van der Waals surface area (Å²) in [6, 6.07) is 8.71. The number of hydrogen-bond donors (Lipinski definition) is 1. The number of aryl methyl sites for hydroxylation is 2. The Bertz CT molecular complexity index is 698. The van der Waals surface area contributed by atoms with Crippen LogP contribution in [0.2, 0.25) is 5.02 Å². The monoisotopic (exact) mass is 305 g/mol. The van der Waals surface area contributed by atoms with Crippen molar-refractivity contribution >= 4 is 23.3 Å². The van der Waals surface area contributed by atoms with Crippen molar-refractivity contribution in [3.05, 3.63) is 52.0 Å². The normalized spacial score (nSPS) is 10.3. The zero-order chi connectivity index (χ0) is 15.6. The van der Waals surface area contributed by atoms with Crippen molar-refractivity contribution in [2.75, 3.05) is 12.8 Å². The third kappa shape index (κ3) is 3.28. The molecule has 0 aliphatic rings. The maximum Gasteiger partial charge on any atom is 0.340 e.